The Balaban J connectivity index is 1.45. The van der Waals surface area contributed by atoms with Gasteiger partial charge in [0.2, 0.25) is 0 Å². The number of methoxy groups -OCH3 is 1. The summed E-state index contributed by atoms with van der Waals surface area (Å²) in [6.07, 6.45) is 5.21. The summed E-state index contributed by atoms with van der Waals surface area (Å²) >= 11 is 1.84. The fourth-order valence-electron chi connectivity index (χ4n) is 4.20. The lowest BCUT2D eigenvalue weighted by Crippen LogP contribution is -2.36. The van der Waals surface area contributed by atoms with Crippen LogP contribution in [-0.4, -0.2) is 43.4 Å². The summed E-state index contributed by atoms with van der Waals surface area (Å²) in [4.78, 5) is 5.46. The van der Waals surface area contributed by atoms with Crippen LogP contribution >= 0.6 is 11.8 Å². The number of likely N-dealkylation sites (tertiary alicyclic amines) is 1. The van der Waals surface area contributed by atoms with E-state index in [4.69, 9.17) is 20.3 Å². The van der Waals surface area contributed by atoms with E-state index in [1.807, 2.05) is 48.2 Å². The number of hydrogen-bond donors (Lipinski definition) is 2. The van der Waals surface area contributed by atoms with Crippen molar-refractivity contribution < 1.29 is 9.15 Å². The predicted molar refractivity (Wildman–Crippen MR) is 133 cm³/mol. The van der Waals surface area contributed by atoms with E-state index >= 15 is 0 Å². The van der Waals surface area contributed by atoms with Gasteiger partial charge in [-0.3, -0.25) is 5.41 Å². The molecule has 0 bridgehead atoms. The monoisotopic (exact) mass is 452 g/mol. The molecule has 170 valence electrons. The molecule has 0 radical (unpaired) electrons. The second kappa shape index (κ2) is 10.8. The van der Waals surface area contributed by atoms with Gasteiger partial charge in [0.05, 0.1) is 19.3 Å². The van der Waals surface area contributed by atoms with Crippen LogP contribution in [0, 0.1) is 5.41 Å². The second-order valence-electron chi connectivity index (χ2n) is 8.16. The highest BCUT2D eigenvalue weighted by atomic mass is 32.2. The van der Waals surface area contributed by atoms with E-state index in [-0.39, 0.29) is 5.96 Å². The lowest BCUT2D eigenvalue weighted by Gasteiger charge is -2.26. The zero-order valence-corrected chi connectivity index (χ0v) is 19.5. The van der Waals surface area contributed by atoms with Crippen molar-refractivity contribution in [3.63, 3.8) is 0 Å². The van der Waals surface area contributed by atoms with Crippen LogP contribution in [0.15, 0.2) is 57.8 Å². The molecule has 1 fully saturated rings. The maximum atomic E-state index is 8.19. The van der Waals surface area contributed by atoms with Gasteiger partial charge in [0.25, 0.3) is 0 Å². The standard InChI is InChI=1S/C25H32N4O2S/c1-30-24-11-10-21(32-15-7-14-28-12-5-2-6-13-28)17-22(24)29(25(26)27)18-20-16-19-8-3-4-9-23(19)31-20/h3-4,8-11,16-17H,2,5-7,12-15,18H2,1H3,(H3,26,27). The fourth-order valence-corrected chi connectivity index (χ4v) is 5.07. The Kier molecular flexibility index (Phi) is 7.60. The van der Waals surface area contributed by atoms with E-state index in [0.717, 1.165) is 33.1 Å². The average molecular weight is 453 g/mol. The van der Waals surface area contributed by atoms with Gasteiger partial charge in [-0.05, 0) is 75.0 Å². The summed E-state index contributed by atoms with van der Waals surface area (Å²) in [7, 11) is 1.64. The average Bonchev–Trinajstić information content (AvgIpc) is 3.23. The van der Waals surface area contributed by atoms with E-state index in [9.17, 15) is 0 Å². The van der Waals surface area contributed by atoms with Crippen LogP contribution in [0.2, 0.25) is 0 Å². The molecule has 4 rings (SSSR count). The normalized spacial score (nSPS) is 14.5. The zero-order chi connectivity index (χ0) is 22.3. The molecule has 2 heterocycles. The van der Waals surface area contributed by atoms with Crippen molar-refractivity contribution in [2.24, 2.45) is 5.73 Å². The summed E-state index contributed by atoms with van der Waals surface area (Å²) in [5, 5.41) is 9.23. The minimum atomic E-state index is -0.0454. The van der Waals surface area contributed by atoms with Crippen molar-refractivity contribution in [2.75, 3.05) is 37.4 Å². The maximum Gasteiger partial charge on any atom is 0.193 e. The highest BCUT2D eigenvalue weighted by Gasteiger charge is 2.18. The Morgan fingerprint density at radius 1 is 1.16 bits per heavy atom. The number of para-hydroxylation sites is 1. The quantitative estimate of drug-likeness (QED) is 0.198. The molecule has 1 saturated heterocycles. The van der Waals surface area contributed by atoms with Crippen LogP contribution in [0.5, 0.6) is 5.75 Å². The van der Waals surface area contributed by atoms with Crippen LogP contribution in [0.3, 0.4) is 0 Å². The summed E-state index contributed by atoms with van der Waals surface area (Å²) in [5.41, 5.74) is 7.60. The first-order valence-corrected chi connectivity index (χ1v) is 12.2. The number of fused-ring (bicyclic) bond motifs is 1. The number of benzene rings is 2. The van der Waals surface area contributed by atoms with Crippen molar-refractivity contribution >= 4 is 34.4 Å². The van der Waals surface area contributed by atoms with Crippen LogP contribution in [0.25, 0.3) is 11.0 Å². The van der Waals surface area contributed by atoms with Crippen molar-refractivity contribution in [2.45, 2.75) is 37.1 Å². The molecule has 0 spiro atoms. The smallest absolute Gasteiger partial charge is 0.193 e. The van der Waals surface area contributed by atoms with Crippen molar-refractivity contribution in [3.05, 3.63) is 54.3 Å². The fraction of sp³-hybridized carbons (Fsp3) is 0.400. The third kappa shape index (κ3) is 5.58. The number of thioether (sulfide) groups is 1. The zero-order valence-electron chi connectivity index (χ0n) is 18.7. The van der Waals surface area contributed by atoms with E-state index in [0.29, 0.717) is 12.3 Å². The van der Waals surface area contributed by atoms with Gasteiger partial charge in [0.1, 0.15) is 17.1 Å². The predicted octanol–water partition coefficient (Wildman–Crippen LogP) is 5.31. The van der Waals surface area contributed by atoms with E-state index in [1.165, 1.54) is 45.3 Å². The summed E-state index contributed by atoms with van der Waals surface area (Å²) < 4.78 is 11.6. The molecular weight excluding hydrogens is 420 g/mol. The minimum Gasteiger partial charge on any atom is -0.495 e. The van der Waals surface area contributed by atoms with Crippen molar-refractivity contribution in [3.8, 4) is 5.75 Å². The number of ether oxygens (including phenoxy) is 1. The first kappa shape index (κ1) is 22.6. The molecule has 0 unspecified atom stereocenters. The van der Waals surface area contributed by atoms with Gasteiger partial charge in [-0.15, -0.1) is 11.8 Å². The Bertz CT molecular complexity index is 1010. The Labute approximate surface area is 194 Å². The van der Waals surface area contributed by atoms with Crippen molar-refractivity contribution in [1.29, 1.82) is 5.41 Å². The van der Waals surface area contributed by atoms with Gasteiger partial charge in [0, 0.05) is 10.3 Å². The molecule has 0 amide bonds. The van der Waals surface area contributed by atoms with E-state index in [1.54, 1.807) is 12.0 Å². The Hall–Kier alpha value is -2.64. The molecule has 3 N–H and O–H groups in total. The number of furan rings is 1. The van der Waals surface area contributed by atoms with Crippen LogP contribution in [-0.2, 0) is 6.54 Å². The van der Waals surface area contributed by atoms with E-state index < -0.39 is 0 Å². The number of anilines is 1. The molecule has 0 atom stereocenters. The molecule has 7 heteroatoms. The van der Waals surface area contributed by atoms with Gasteiger partial charge in [-0.25, -0.2) is 0 Å². The third-order valence-corrected chi connectivity index (χ3v) is 6.94. The lowest BCUT2D eigenvalue weighted by atomic mass is 10.1. The SMILES string of the molecule is COc1ccc(SCCCN2CCCCC2)cc1N(Cc1cc2ccccc2o1)C(=N)N. The number of nitrogens with one attached hydrogen (secondary N) is 1. The van der Waals surface area contributed by atoms with Crippen molar-refractivity contribution in [1.82, 2.24) is 4.90 Å². The summed E-state index contributed by atoms with van der Waals surface area (Å²) in [6, 6.07) is 16.0. The largest absolute Gasteiger partial charge is 0.495 e. The molecular formula is C25H32N4O2S. The Morgan fingerprint density at radius 2 is 1.97 bits per heavy atom. The molecule has 1 aliphatic heterocycles. The second-order valence-corrected chi connectivity index (χ2v) is 9.33. The number of nitrogens with two attached hydrogens (primary N) is 1. The van der Waals surface area contributed by atoms with Gasteiger partial charge in [0.15, 0.2) is 5.96 Å². The summed E-state index contributed by atoms with van der Waals surface area (Å²) in [5.74, 6) is 2.46. The maximum absolute atomic E-state index is 8.19. The van der Waals surface area contributed by atoms with Crippen LogP contribution < -0.4 is 15.4 Å². The molecule has 3 aromatic rings. The molecule has 1 aromatic heterocycles. The van der Waals surface area contributed by atoms with E-state index in [2.05, 4.69) is 17.0 Å². The summed E-state index contributed by atoms with van der Waals surface area (Å²) in [6.45, 7) is 4.02. The molecule has 1 aliphatic rings. The molecule has 2 aromatic carbocycles. The molecule has 0 saturated carbocycles. The van der Waals surface area contributed by atoms with Gasteiger partial charge in [-0.2, -0.15) is 0 Å². The highest BCUT2D eigenvalue weighted by Crippen LogP contribution is 2.34. The van der Waals surface area contributed by atoms with Gasteiger partial charge in [-0.1, -0.05) is 24.6 Å². The number of hydrogen-bond acceptors (Lipinski definition) is 5. The number of nitrogens with zero attached hydrogens (tertiary/aromatic N) is 2. The topological polar surface area (TPSA) is 78.7 Å². The van der Waals surface area contributed by atoms with Crippen LogP contribution in [0.4, 0.5) is 5.69 Å². The molecule has 6 nitrogen and oxygen atoms in total. The lowest BCUT2D eigenvalue weighted by molar-refractivity contribution is 0.230. The highest BCUT2D eigenvalue weighted by molar-refractivity contribution is 7.99. The number of piperidine rings is 1. The number of rotatable bonds is 9. The molecule has 32 heavy (non-hydrogen) atoms. The molecule has 0 aliphatic carbocycles. The Morgan fingerprint density at radius 3 is 2.72 bits per heavy atom. The minimum absolute atomic E-state index is 0.0454. The first-order chi connectivity index (χ1) is 15.6. The van der Waals surface area contributed by atoms with Crippen LogP contribution in [0.1, 0.15) is 31.4 Å². The third-order valence-electron chi connectivity index (χ3n) is 5.86. The first-order valence-electron chi connectivity index (χ1n) is 11.3. The number of guanidine groups is 1. The van der Waals surface area contributed by atoms with Gasteiger partial charge < -0.3 is 24.7 Å². The van der Waals surface area contributed by atoms with Gasteiger partial charge >= 0.3 is 0 Å².